The van der Waals surface area contributed by atoms with Gasteiger partial charge in [-0.1, -0.05) is 0 Å². The van der Waals surface area contributed by atoms with Crippen LogP contribution in [0.1, 0.15) is 40.0 Å². The van der Waals surface area contributed by atoms with Gasteiger partial charge in [0.2, 0.25) is 0 Å². The number of sulfone groups is 1. The van der Waals surface area contributed by atoms with Gasteiger partial charge in [0.25, 0.3) is 0 Å². The average molecular weight is 460 g/mol. The molecule has 1 heterocycles. The summed E-state index contributed by atoms with van der Waals surface area (Å²) in [5, 5.41) is 6.71. The van der Waals surface area contributed by atoms with Crippen molar-refractivity contribution in [3.8, 4) is 0 Å². The zero-order valence-corrected chi connectivity index (χ0v) is 18.0. The van der Waals surface area contributed by atoms with Crippen LogP contribution in [0.15, 0.2) is 4.99 Å². The number of nitrogens with zero attached hydrogens (tertiary/aromatic N) is 2. The first kappa shape index (κ1) is 22.9. The Bertz CT molecular complexity index is 446. The third-order valence-corrected chi connectivity index (χ3v) is 4.92. The zero-order valence-electron chi connectivity index (χ0n) is 14.8. The van der Waals surface area contributed by atoms with Crippen molar-refractivity contribution in [2.24, 2.45) is 4.99 Å². The molecule has 0 saturated carbocycles. The Kier molecular flexibility index (Phi) is 11.4. The number of hydrogen-bond donors (Lipinski definition) is 2. The van der Waals surface area contributed by atoms with E-state index in [4.69, 9.17) is 0 Å². The van der Waals surface area contributed by atoms with Gasteiger partial charge in [0.15, 0.2) is 5.96 Å². The van der Waals surface area contributed by atoms with Gasteiger partial charge in [-0.2, -0.15) is 0 Å². The van der Waals surface area contributed by atoms with Crippen molar-refractivity contribution in [3.05, 3.63) is 0 Å². The predicted molar refractivity (Wildman–Crippen MR) is 109 cm³/mol. The standard InChI is InChI=1S/C15H32N4O2S.HI/c1-5-16-15(17-9-6-12-22(4,20)21)18-14-7-10-19(11-8-14)13(2)3;/h13-14H,5-12H2,1-4H3,(H2,16,17,18);1H. The lowest BCUT2D eigenvalue weighted by Gasteiger charge is -2.35. The van der Waals surface area contributed by atoms with E-state index in [1.807, 2.05) is 6.92 Å². The number of rotatable bonds is 7. The molecule has 1 aliphatic rings. The summed E-state index contributed by atoms with van der Waals surface area (Å²) in [7, 11) is -2.89. The van der Waals surface area contributed by atoms with Crippen LogP contribution in [-0.4, -0.2) is 69.5 Å². The van der Waals surface area contributed by atoms with E-state index in [2.05, 4.69) is 34.4 Å². The van der Waals surface area contributed by atoms with Crippen molar-refractivity contribution in [3.63, 3.8) is 0 Å². The molecule has 0 aromatic carbocycles. The van der Waals surface area contributed by atoms with E-state index in [1.165, 1.54) is 6.26 Å². The molecule has 0 amide bonds. The number of nitrogens with one attached hydrogen (secondary N) is 2. The normalized spacial score (nSPS) is 17.9. The minimum atomic E-state index is -2.89. The molecule has 138 valence electrons. The molecule has 6 nitrogen and oxygen atoms in total. The van der Waals surface area contributed by atoms with Gasteiger partial charge in [-0.15, -0.1) is 24.0 Å². The van der Waals surface area contributed by atoms with Crippen LogP contribution in [0, 0.1) is 0 Å². The molecule has 23 heavy (non-hydrogen) atoms. The fraction of sp³-hybridized carbons (Fsp3) is 0.933. The Hall–Kier alpha value is -0.0900. The first-order valence-electron chi connectivity index (χ1n) is 8.28. The highest BCUT2D eigenvalue weighted by Gasteiger charge is 2.21. The Balaban J connectivity index is 0.00000484. The smallest absolute Gasteiger partial charge is 0.191 e. The maximum absolute atomic E-state index is 11.1. The fourth-order valence-electron chi connectivity index (χ4n) is 2.59. The van der Waals surface area contributed by atoms with Crippen molar-refractivity contribution in [1.29, 1.82) is 0 Å². The monoisotopic (exact) mass is 460 g/mol. The average Bonchev–Trinajstić information content (AvgIpc) is 2.43. The lowest BCUT2D eigenvalue weighted by atomic mass is 10.0. The second-order valence-corrected chi connectivity index (χ2v) is 8.55. The topological polar surface area (TPSA) is 73.8 Å². The Labute approximate surface area is 158 Å². The summed E-state index contributed by atoms with van der Waals surface area (Å²) in [5.41, 5.74) is 0. The molecule has 0 bridgehead atoms. The van der Waals surface area contributed by atoms with Crippen LogP contribution < -0.4 is 10.6 Å². The van der Waals surface area contributed by atoms with Crippen LogP contribution in [0.2, 0.25) is 0 Å². The molecular weight excluding hydrogens is 427 g/mol. The minimum absolute atomic E-state index is 0. The van der Waals surface area contributed by atoms with Crippen molar-refractivity contribution in [2.45, 2.75) is 52.1 Å². The van der Waals surface area contributed by atoms with E-state index >= 15 is 0 Å². The van der Waals surface area contributed by atoms with E-state index in [-0.39, 0.29) is 29.7 Å². The molecular formula is C15H33IN4O2S. The lowest BCUT2D eigenvalue weighted by Crippen LogP contribution is -2.49. The maximum Gasteiger partial charge on any atom is 0.191 e. The first-order chi connectivity index (χ1) is 10.3. The van der Waals surface area contributed by atoms with E-state index in [1.54, 1.807) is 0 Å². The van der Waals surface area contributed by atoms with Crippen LogP contribution >= 0.6 is 24.0 Å². The lowest BCUT2D eigenvalue weighted by molar-refractivity contribution is 0.167. The quantitative estimate of drug-likeness (QED) is 0.261. The second kappa shape index (κ2) is 11.5. The minimum Gasteiger partial charge on any atom is -0.357 e. The number of guanidine groups is 1. The molecule has 8 heteroatoms. The summed E-state index contributed by atoms with van der Waals surface area (Å²) < 4.78 is 22.2. The number of hydrogen-bond acceptors (Lipinski definition) is 4. The first-order valence-corrected chi connectivity index (χ1v) is 10.3. The van der Waals surface area contributed by atoms with Crippen LogP contribution in [0.5, 0.6) is 0 Å². The number of likely N-dealkylation sites (tertiary alicyclic amines) is 1. The van der Waals surface area contributed by atoms with Gasteiger partial charge in [0, 0.05) is 44.5 Å². The molecule has 2 N–H and O–H groups in total. The molecule has 0 aromatic heterocycles. The highest BCUT2D eigenvalue weighted by Crippen LogP contribution is 2.12. The van der Waals surface area contributed by atoms with Crippen LogP contribution in [0.3, 0.4) is 0 Å². The summed E-state index contributed by atoms with van der Waals surface area (Å²) in [6.07, 6.45) is 4.07. The molecule has 0 spiro atoms. The molecule has 0 atom stereocenters. The predicted octanol–water partition coefficient (Wildman–Crippen LogP) is 1.47. The molecule has 1 fully saturated rings. The van der Waals surface area contributed by atoms with E-state index < -0.39 is 9.84 Å². The van der Waals surface area contributed by atoms with Gasteiger partial charge >= 0.3 is 0 Å². The second-order valence-electron chi connectivity index (χ2n) is 6.29. The maximum atomic E-state index is 11.1. The van der Waals surface area contributed by atoms with Crippen molar-refractivity contribution < 1.29 is 8.42 Å². The molecule has 0 unspecified atom stereocenters. The molecule has 1 aliphatic heterocycles. The molecule has 1 saturated heterocycles. The van der Waals surface area contributed by atoms with Crippen molar-refractivity contribution >= 4 is 39.8 Å². The van der Waals surface area contributed by atoms with Gasteiger partial charge in [-0.3, -0.25) is 4.99 Å². The van der Waals surface area contributed by atoms with Gasteiger partial charge in [0.05, 0.1) is 5.75 Å². The summed E-state index contributed by atoms with van der Waals surface area (Å²) in [4.78, 5) is 6.98. The highest BCUT2D eigenvalue weighted by molar-refractivity contribution is 14.0. The largest absolute Gasteiger partial charge is 0.357 e. The molecule has 0 aromatic rings. The van der Waals surface area contributed by atoms with Gasteiger partial charge in [-0.25, -0.2) is 8.42 Å². The number of halogens is 1. The highest BCUT2D eigenvalue weighted by atomic mass is 127. The summed E-state index contributed by atoms with van der Waals surface area (Å²) in [5.74, 6) is 1.00. The third-order valence-electron chi connectivity index (χ3n) is 3.89. The Morgan fingerprint density at radius 3 is 2.39 bits per heavy atom. The zero-order chi connectivity index (χ0) is 16.6. The van der Waals surface area contributed by atoms with Gasteiger partial charge < -0.3 is 15.5 Å². The molecule has 1 rings (SSSR count). The van der Waals surface area contributed by atoms with Crippen LogP contribution in [-0.2, 0) is 9.84 Å². The van der Waals surface area contributed by atoms with Crippen LogP contribution in [0.25, 0.3) is 0 Å². The Morgan fingerprint density at radius 1 is 1.30 bits per heavy atom. The van der Waals surface area contributed by atoms with Gasteiger partial charge in [0.1, 0.15) is 9.84 Å². The summed E-state index contributed by atoms with van der Waals surface area (Å²) in [6.45, 7) is 10.1. The van der Waals surface area contributed by atoms with Crippen LogP contribution in [0.4, 0.5) is 0 Å². The molecule has 0 aliphatic carbocycles. The molecule has 0 radical (unpaired) electrons. The van der Waals surface area contributed by atoms with E-state index in [0.29, 0.717) is 25.0 Å². The van der Waals surface area contributed by atoms with Crippen molar-refractivity contribution in [2.75, 3.05) is 38.2 Å². The summed E-state index contributed by atoms with van der Waals surface area (Å²) >= 11 is 0. The number of piperidine rings is 1. The van der Waals surface area contributed by atoms with E-state index in [9.17, 15) is 8.42 Å². The summed E-state index contributed by atoms with van der Waals surface area (Å²) in [6, 6.07) is 1.06. The SMILES string of the molecule is CCNC(=NCCCS(C)(=O)=O)NC1CCN(C(C)C)CC1.I. The number of aliphatic imine (C=N–C) groups is 1. The van der Waals surface area contributed by atoms with Crippen molar-refractivity contribution in [1.82, 2.24) is 15.5 Å². The Morgan fingerprint density at radius 2 is 1.91 bits per heavy atom. The van der Waals surface area contributed by atoms with Gasteiger partial charge in [-0.05, 0) is 40.0 Å². The third kappa shape index (κ3) is 10.4. The van der Waals surface area contributed by atoms with E-state index in [0.717, 1.165) is 38.4 Å². The fourth-order valence-corrected chi connectivity index (χ4v) is 3.24.